The molecule has 0 radical (unpaired) electrons. The molecule has 3 aromatic rings. The van der Waals surface area contributed by atoms with E-state index in [2.05, 4.69) is 10.6 Å². The van der Waals surface area contributed by atoms with Crippen LogP contribution in [0, 0.1) is 12.7 Å². The van der Waals surface area contributed by atoms with E-state index in [-0.39, 0.29) is 11.8 Å². The highest BCUT2D eigenvalue weighted by Gasteiger charge is 2.04. The molecule has 0 heterocycles. The molecule has 0 bridgehead atoms. The third-order valence-corrected chi connectivity index (χ3v) is 3.71. The Bertz CT molecular complexity index is 877. The molecule has 5 heteroatoms. The van der Waals surface area contributed by atoms with Crippen molar-refractivity contribution in [1.82, 2.24) is 5.32 Å². The molecule has 0 saturated carbocycles. The van der Waals surface area contributed by atoms with Gasteiger partial charge in [-0.1, -0.05) is 29.8 Å². The van der Waals surface area contributed by atoms with Gasteiger partial charge in [0, 0.05) is 12.2 Å². The highest BCUT2D eigenvalue weighted by molar-refractivity contribution is 5.89. The van der Waals surface area contributed by atoms with Crippen molar-refractivity contribution in [1.29, 1.82) is 0 Å². The van der Waals surface area contributed by atoms with Crippen LogP contribution in [0.25, 0.3) is 0 Å². The Morgan fingerprint density at radius 1 is 0.962 bits per heavy atom. The summed E-state index contributed by atoms with van der Waals surface area (Å²) in [7, 11) is 0. The molecule has 3 aromatic carbocycles. The van der Waals surface area contributed by atoms with Crippen molar-refractivity contribution in [3.63, 3.8) is 0 Å². The van der Waals surface area contributed by atoms with Gasteiger partial charge in [-0.05, 0) is 61.0 Å². The lowest BCUT2D eigenvalue weighted by Gasteiger charge is -2.10. The molecule has 4 nitrogen and oxygen atoms in total. The van der Waals surface area contributed by atoms with Gasteiger partial charge in [-0.15, -0.1) is 0 Å². The van der Waals surface area contributed by atoms with Gasteiger partial charge in [0.05, 0.1) is 0 Å². The maximum Gasteiger partial charge on any atom is 0.319 e. The summed E-state index contributed by atoms with van der Waals surface area (Å²) >= 11 is 0. The van der Waals surface area contributed by atoms with Crippen LogP contribution in [0.3, 0.4) is 0 Å². The first kappa shape index (κ1) is 17.5. The third-order valence-electron chi connectivity index (χ3n) is 3.71. The second-order valence-electron chi connectivity index (χ2n) is 5.88. The Morgan fingerprint density at radius 3 is 2.42 bits per heavy atom. The largest absolute Gasteiger partial charge is 0.457 e. The van der Waals surface area contributed by atoms with E-state index in [1.54, 1.807) is 18.2 Å². The summed E-state index contributed by atoms with van der Waals surface area (Å²) in [5.74, 6) is 0.860. The van der Waals surface area contributed by atoms with Crippen LogP contribution < -0.4 is 15.4 Å². The fourth-order valence-electron chi connectivity index (χ4n) is 2.35. The number of anilines is 1. The number of halogens is 1. The lowest BCUT2D eigenvalue weighted by molar-refractivity contribution is 0.251. The molecule has 0 fully saturated rings. The molecule has 0 aliphatic rings. The van der Waals surface area contributed by atoms with E-state index in [4.69, 9.17) is 4.74 Å². The number of rotatable bonds is 5. The summed E-state index contributed by atoms with van der Waals surface area (Å²) in [6.07, 6.45) is 0. The van der Waals surface area contributed by atoms with Gasteiger partial charge in [-0.3, -0.25) is 0 Å². The minimum atomic E-state index is -0.310. The van der Waals surface area contributed by atoms with Gasteiger partial charge in [-0.25, -0.2) is 9.18 Å². The Balaban J connectivity index is 1.55. The zero-order chi connectivity index (χ0) is 18.4. The zero-order valence-corrected chi connectivity index (χ0v) is 14.3. The van der Waals surface area contributed by atoms with Crippen molar-refractivity contribution in [2.45, 2.75) is 13.5 Å². The topological polar surface area (TPSA) is 50.4 Å². The SMILES string of the molecule is Cc1ccc(NC(=O)NCc2cccc(Oc3ccc(F)cc3)c2)cc1. The van der Waals surface area contributed by atoms with Crippen LogP contribution in [0.15, 0.2) is 72.8 Å². The first-order valence-electron chi connectivity index (χ1n) is 8.22. The average molecular weight is 350 g/mol. The fourth-order valence-corrected chi connectivity index (χ4v) is 2.35. The highest BCUT2D eigenvalue weighted by Crippen LogP contribution is 2.22. The van der Waals surface area contributed by atoms with Gasteiger partial charge < -0.3 is 15.4 Å². The predicted molar refractivity (Wildman–Crippen MR) is 100.0 cm³/mol. The van der Waals surface area contributed by atoms with E-state index in [0.717, 1.165) is 16.8 Å². The number of amides is 2. The van der Waals surface area contributed by atoms with Crippen LogP contribution in [-0.2, 0) is 6.54 Å². The van der Waals surface area contributed by atoms with Gasteiger partial charge in [0.25, 0.3) is 0 Å². The number of carbonyl (C=O) groups is 1. The van der Waals surface area contributed by atoms with Crippen LogP contribution in [0.5, 0.6) is 11.5 Å². The Hall–Kier alpha value is -3.34. The number of urea groups is 1. The van der Waals surface area contributed by atoms with Crippen LogP contribution in [0.1, 0.15) is 11.1 Å². The predicted octanol–water partition coefficient (Wildman–Crippen LogP) is 5.25. The lowest BCUT2D eigenvalue weighted by Crippen LogP contribution is -2.28. The molecule has 26 heavy (non-hydrogen) atoms. The fraction of sp³-hybridized carbons (Fsp3) is 0.0952. The van der Waals surface area contributed by atoms with Crippen molar-refractivity contribution < 1.29 is 13.9 Å². The molecule has 0 saturated heterocycles. The zero-order valence-electron chi connectivity index (χ0n) is 14.3. The molecule has 0 unspecified atom stereocenters. The van der Waals surface area contributed by atoms with Gasteiger partial charge in [0.1, 0.15) is 17.3 Å². The molecular weight excluding hydrogens is 331 g/mol. The average Bonchev–Trinajstić information content (AvgIpc) is 2.64. The number of benzene rings is 3. The van der Waals surface area contributed by atoms with Crippen LogP contribution >= 0.6 is 0 Å². The summed E-state index contributed by atoms with van der Waals surface area (Å²) in [5, 5.41) is 5.59. The molecule has 0 aliphatic carbocycles. The number of ether oxygens (including phenoxy) is 1. The summed E-state index contributed by atoms with van der Waals surface area (Å²) in [6, 6.07) is 20.5. The third kappa shape index (κ3) is 5.08. The molecular formula is C21H19FN2O2. The minimum Gasteiger partial charge on any atom is -0.457 e. The molecule has 0 atom stereocenters. The van der Waals surface area contributed by atoms with Gasteiger partial charge >= 0.3 is 6.03 Å². The van der Waals surface area contributed by atoms with Crippen LogP contribution in [-0.4, -0.2) is 6.03 Å². The maximum absolute atomic E-state index is 12.9. The first-order valence-corrected chi connectivity index (χ1v) is 8.22. The normalized spacial score (nSPS) is 10.2. The lowest BCUT2D eigenvalue weighted by atomic mass is 10.2. The van der Waals surface area contributed by atoms with Crippen molar-refractivity contribution in [2.24, 2.45) is 0 Å². The number of hydrogen-bond acceptors (Lipinski definition) is 2. The van der Waals surface area contributed by atoms with Gasteiger partial charge in [-0.2, -0.15) is 0 Å². The number of nitrogens with one attached hydrogen (secondary N) is 2. The van der Waals surface area contributed by atoms with E-state index in [0.29, 0.717) is 18.0 Å². The summed E-state index contributed by atoms with van der Waals surface area (Å²) in [5.41, 5.74) is 2.76. The van der Waals surface area contributed by atoms with Crippen molar-refractivity contribution >= 4 is 11.7 Å². The van der Waals surface area contributed by atoms with Gasteiger partial charge in [0.2, 0.25) is 0 Å². The molecule has 0 spiro atoms. The van der Waals surface area contributed by atoms with E-state index < -0.39 is 0 Å². The highest BCUT2D eigenvalue weighted by atomic mass is 19.1. The summed E-state index contributed by atoms with van der Waals surface area (Å²) < 4.78 is 18.6. The van der Waals surface area contributed by atoms with Crippen molar-refractivity contribution in [3.05, 3.63) is 89.7 Å². The minimum absolute atomic E-state index is 0.279. The number of hydrogen-bond donors (Lipinski definition) is 2. The monoisotopic (exact) mass is 350 g/mol. The summed E-state index contributed by atoms with van der Waals surface area (Å²) in [6.45, 7) is 2.35. The first-order chi connectivity index (χ1) is 12.6. The molecule has 0 aliphatic heterocycles. The van der Waals surface area contributed by atoms with E-state index >= 15 is 0 Å². The van der Waals surface area contributed by atoms with Crippen LogP contribution in [0.2, 0.25) is 0 Å². The van der Waals surface area contributed by atoms with Crippen molar-refractivity contribution in [3.8, 4) is 11.5 Å². The van der Waals surface area contributed by atoms with Gasteiger partial charge in [0.15, 0.2) is 0 Å². The molecule has 3 rings (SSSR count). The van der Waals surface area contributed by atoms with E-state index in [1.807, 2.05) is 49.4 Å². The molecule has 2 N–H and O–H groups in total. The molecule has 2 amide bonds. The second-order valence-corrected chi connectivity index (χ2v) is 5.88. The molecule has 0 aromatic heterocycles. The smallest absolute Gasteiger partial charge is 0.319 e. The van der Waals surface area contributed by atoms with Crippen LogP contribution in [0.4, 0.5) is 14.9 Å². The number of carbonyl (C=O) groups excluding carboxylic acids is 1. The Labute approximate surface area is 151 Å². The van der Waals surface area contributed by atoms with E-state index in [1.165, 1.54) is 12.1 Å². The second kappa shape index (κ2) is 8.16. The number of aryl methyl sites for hydroxylation is 1. The van der Waals surface area contributed by atoms with Crippen molar-refractivity contribution in [2.75, 3.05) is 5.32 Å². The Morgan fingerprint density at radius 2 is 1.69 bits per heavy atom. The quantitative estimate of drug-likeness (QED) is 0.660. The summed E-state index contributed by atoms with van der Waals surface area (Å²) in [4.78, 5) is 12.0. The standard InChI is InChI=1S/C21H19FN2O2/c1-15-5-9-18(10-6-15)24-21(25)23-14-16-3-2-4-20(13-16)26-19-11-7-17(22)8-12-19/h2-13H,14H2,1H3,(H2,23,24,25). The Kier molecular flexibility index (Phi) is 5.49. The van der Waals surface area contributed by atoms with E-state index in [9.17, 15) is 9.18 Å². The molecule has 132 valence electrons. The maximum atomic E-state index is 12.9.